The normalized spacial score (nSPS) is 12.1. The van der Waals surface area contributed by atoms with Gasteiger partial charge in [-0.1, -0.05) is 90.1 Å². The lowest BCUT2D eigenvalue weighted by molar-refractivity contribution is -0.134. The maximum absolute atomic E-state index is 12.9. The Balaban J connectivity index is 1.40. The molecule has 2 aromatic heterocycles. The van der Waals surface area contributed by atoms with Gasteiger partial charge in [-0.3, -0.25) is 9.59 Å². The second kappa shape index (κ2) is 15.7. The number of H-pyrrole nitrogens is 2. The van der Waals surface area contributed by atoms with Crippen LogP contribution >= 0.6 is 0 Å². The van der Waals surface area contributed by atoms with Crippen LogP contribution in [-0.2, 0) is 22.7 Å². The molecule has 4 N–H and O–H groups in total. The third-order valence-electron chi connectivity index (χ3n) is 7.90. The van der Waals surface area contributed by atoms with Crippen molar-refractivity contribution in [3.8, 4) is 33.6 Å². The van der Waals surface area contributed by atoms with Gasteiger partial charge in [0.15, 0.2) is 0 Å². The van der Waals surface area contributed by atoms with E-state index in [0.29, 0.717) is 32.0 Å². The summed E-state index contributed by atoms with van der Waals surface area (Å²) in [4.78, 5) is 45.2. The standard InChI is InChI=1S/C36H49N7O2/c1-7-17-42(34(44)19-24(3)4)22-32-38-20-30(40-32)28-13-9-26(10-14-28)27-11-15-29(16-12-27)31-21-39-33(41-31)23-43(18-8-2)36(45)35(37)25(5)6/h9-16,20-21,24-25,35H,7-8,17-19,22-23,37H2,1-6H3,(H,38,40)(H,39,41). The molecule has 0 spiro atoms. The molecule has 2 aromatic carbocycles. The second-order valence-corrected chi connectivity index (χ2v) is 12.6. The van der Waals surface area contributed by atoms with Gasteiger partial charge in [0.1, 0.15) is 11.6 Å². The van der Waals surface area contributed by atoms with E-state index >= 15 is 0 Å². The third kappa shape index (κ3) is 8.91. The first-order chi connectivity index (χ1) is 21.6. The van der Waals surface area contributed by atoms with Gasteiger partial charge in [-0.2, -0.15) is 0 Å². The average molecular weight is 612 g/mol. The minimum absolute atomic E-state index is 0.0413. The van der Waals surface area contributed by atoms with Crippen molar-refractivity contribution in [2.45, 2.75) is 79.9 Å². The first kappa shape index (κ1) is 33.6. The van der Waals surface area contributed by atoms with Gasteiger partial charge in [-0.25, -0.2) is 9.97 Å². The number of amides is 2. The molecule has 2 heterocycles. The summed E-state index contributed by atoms with van der Waals surface area (Å²) < 4.78 is 0. The van der Waals surface area contributed by atoms with E-state index in [1.807, 2.05) is 31.1 Å². The van der Waals surface area contributed by atoms with Gasteiger partial charge in [-0.05, 0) is 46.9 Å². The maximum Gasteiger partial charge on any atom is 0.240 e. The number of nitrogens with zero attached hydrogens (tertiary/aromatic N) is 4. The van der Waals surface area contributed by atoms with Crippen molar-refractivity contribution < 1.29 is 9.59 Å². The fourth-order valence-electron chi connectivity index (χ4n) is 5.30. The van der Waals surface area contributed by atoms with Crippen LogP contribution in [0.3, 0.4) is 0 Å². The summed E-state index contributed by atoms with van der Waals surface area (Å²) in [5.74, 6) is 2.07. The van der Waals surface area contributed by atoms with Crippen molar-refractivity contribution >= 4 is 11.8 Å². The minimum Gasteiger partial charge on any atom is -0.341 e. The van der Waals surface area contributed by atoms with Crippen LogP contribution in [0.15, 0.2) is 60.9 Å². The molecule has 9 nitrogen and oxygen atoms in total. The van der Waals surface area contributed by atoms with Gasteiger partial charge in [0.2, 0.25) is 11.8 Å². The number of hydrogen-bond acceptors (Lipinski definition) is 5. The lowest BCUT2D eigenvalue weighted by Crippen LogP contribution is -2.46. The van der Waals surface area contributed by atoms with E-state index in [4.69, 9.17) is 5.73 Å². The fraction of sp³-hybridized carbons (Fsp3) is 0.444. The predicted molar refractivity (Wildman–Crippen MR) is 181 cm³/mol. The minimum atomic E-state index is -0.516. The number of benzene rings is 2. The molecule has 4 aromatic rings. The van der Waals surface area contributed by atoms with Crippen LogP contribution in [0.4, 0.5) is 0 Å². The lowest BCUT2D eigenvalue weighted by atomic mass is 10.0. The van der Waals surface area contributed by atoms with Crippen LogP contribution in [0, 0.1) is 11.8 Å². The molecule has 1 atom stereocenters. The van der Waals surface area contributed by atoms with Crippen LogP contribution in [0.1, 0.15) is 72.5 Å². The van der Waals surface area contributed by atoms with Crippen LogP contribution < -0.4 is 5.73 Å². The number of nitrogens with two attached hydrogens (primary N) is 1. The van der Waals surface area contributed by atoms with Gasteiger partial charge in [0.25, 0.3) is 0 Å². The number of carbonyl (C=O) groups is 2. The van der Waals surface area contributed by atoms with Crippen LogP contribution in [0.25, 0.3) is 33.6 Å². The van der Waals surface area contributed by atoms with E-state index in [0.717, 1.165) is 64.7 Å². The van der Waals surface area contributed by atoms with Crippen molar-refractivity contribution in [3.63, 3.8) is 0 Å². The van der Waals surface area contributed by atoms with Gasteiger partial charge >= 0.3 is 0 Å². The second-order valence-electron chi connectivity index (χ2n) is 12.6. The molecule has 0 bridgehead atoms. The number of hydrogen-bond donors (Lipinski definition) is 3. The van der Waals surface area contributed by atoms with E-state index < -0.39 is 6.04 Å². The molecule has 0 radical (unpaired) electrons. The Hall–Kier alpha value is -4.24. The fourth-order valence-corrected chi connectivity index (χ4v) is 5.30. The Morgan fingerprint density at radius 2 is 1.13 bits per heavy atom. The highest BCUT2D eigenvalue weighted by atomic mass is 16.2. The molecule has 9 heteroatoms. The Morgan fingerprint density at radius 1 is 0.711 bits per heavy atom. The van der Waals surface area contributed by atoms with E-state index in [1.54, 1.807) is 4.90 Å². The van der Waals surface area contributed by atoms with E-state index in [-0.39, 0.29) is 17.7 Å². The zero-order chi connectivity index (χ0) is 32.5. The zero-order valence-corrected chi connectivity index (χ0v) is 27.6. The predicted octanol–water partition coefficient (Wildman–Crippen LogP) is 6.64. The molecular formula is C36H49N7O2. The number of nitrogens with one attached hydrogen (secondary N) is 2. The van der Waals surface area contributed by atoms with Crippen molar-refractivity contribution in [2.75, 3.05) is 13.1 Å². The summed E-state index contributed by atoms with van der Waals surface area (Å²) in [6.45, 7) is 14.5. The topological polar surface area (TPSA) is 124 Å². The van der Waals surface area contributed by atoms with Crippen LogP contribution in [0.5, 0.6) is 0 Å². The molecule has 1 unspecified atom stereocenters. The van der Waals surface area contributed by atoms with E-state index in [2.05, 4.69) is 96.2 Å². The van der Waals surface area contributed by atoms with E-state index in [9.17, 15) is 9.59 Å². The summed E-state index contributed by atoms with van der Waals surface area (Å²) >= 11 is 0. The van der Waals surface area contributed by atoms with Crippen molar-refractivity contribution in [3.05, 3.63) is 72.6 Å². The highest BCUT2D eigenvalue weighted by Crippen LogP contribution is 2.27. The molecule has 240 valence electrons. The van der Waals surface area contributed by atoms with Crippen molar-refractivity contribution in [1.29, 1.82) is 0 Å². The Kier molecular flexibility index (Phi) is 11.7. The van der Waals surface area contributed by atoms with Gasteiger partial charge in [0, 0.05) is 19.5 Å². The summed E-state index contributed by atoms with van der Waals surface area (Å²) in [6.07, 6.45) is 5.97. The summed E-state index contributed by atoms with van der Waals surface area (Å²) in [5.41, 5.74) is 12.3. The molecule has 0 fully saturated rings. The molecular weight excluding hydrogens is 562 g/mol. The molecule has 0 aliphatic heterocycles. The summed E-state index contributed by atoms with van der Waals surface area (Å²) in [5, 5.41) is 0. The first-order valence-electron chi connectivity index (χ1n) is 16.2. The van der Waals surface area contributed by atoms with E-state index in [1.165, 1.54) is 0 Å². The molecule has 4 rings (SSSR count). The molecule has 45 heavy (non-hydrogen) atoms. The maximum atomic E-state index is 12.9. The smallest absolute Gasteiger partial charge is 0.240 e. The molecule has 2 amide bonds. The first-order valence-corrected chi connectivity index (χ1v) is 16.2. The highest BCUT2D eigenvalue weighted by molar-refractivity contribution is 5.82. The third-order valence-corrected chi connectivity index (χ3v) is 7.90. The molecule has 0 saturated heterocycles. The van der Waals surface area contributed by atoms with Crippen LogP contribution in [0.2, 0.25) is 0 Å². The average Bonchev–Trinajstić information content (AvgIpc) is 3.70. The number of imidazole rings is 2. The molecule has 0 aliphatic carbocycles. The van der Waals surface area contributed by atoms with Gasteiger partial charge < -0.3 is 25.5 Å². The van der Waals surface area contributed by atoms with Crippen molar-refractivity contribution in [2.24, 2.45) is 17.6 Å². The number of aromatic amines is 2. The molecule has 0 aliphatic rings. The van der Waals surface area contributed by atoms with Gasteiger partial charge in [0.05, 0.1) is 42.9 Å². The lowest BCUT2D eigenvalue weighted by Gasteiger charge is -2.26. The number of rotatable bonds is 15. The quantitative estimate of drug-likeness (QED) is 0.139. The number of aromatic nitrogens is 4. The summed E-state index contributed by atoms with van der Waals surface area (Å²) in [7, 11) is 0. The SMILES string of the molecule is CCCN(Cc1ncc(-c2ccc(-c3ccc(-c4cnc(CN(CCC)C(=O)C(N)C(C)C)[nH]4)cc3)cc2)[nH]1)C(=O)CC(C)C. The highest BCUT2D eigenvalue weighted by Gasteiger charge is 2.24. The monoisotopic (exact) mass is 611 g/mol. The summed E-state index contributed by atoms with van der Waals surface area (Å²) in [6, 6.07) is 16.2. The molecule has 0 saturated carbocycles. The number of carbonyl (C=O) groups excluding carboxylic acids is 2. The zero-order valence-electron chi connectivity index (χ0n) is 27.6. The Bertz CT molecular complexity index is 1520. The van der Waals surface area contributed by atoms with Gasteiger partial charge in [-0.15, -0.1) is 0 Å². The largest absolute Gasteiger partial charge is 0.341 e. The Labute approximate surface area is 267 Å². The Morgan fingerprint density at radius 3 is 1.56 bits per heavy atom. The van der Waals surface area contributed by atoms with Crippen molar-refractivity contribution in [1.82, 2.24) is 29.7 Å². The van der Waals surface area contributed by atoms with Crippen LogP contribution in [-0.4, -0.2) is 60.7 Å².